The lowest BCUT2D eigenvalue weighted by molar-refractivity contribution is -0.146. The molecule has 0 saturated carbocycles. The molecule has 2 N–H and O–H groups in total. The number of hydrogen-bond donors (Lipinski definition) is 2. The Morgan fingerprint density at radius 1 is 1.14 bits per heavy atom. The van der Waals surface area contributed by atoms with Gasteiger partial charge in [0.1, 0.15) is 5.82 Å². The zero-order chi connectivity index (χ0) is 20.5. The third kappa shape index (κ3) is 6.41. The summed E-state index contributed by atoms with van der Waals surface area (Å²) in [5.74, 6) is -0.537. The van der Waals surface area contributed by atoms with Crippen LogP contribution in [0, 0.1) is 5.82 Å². The van der Waals surface area contributed by atoms with Gasteiger partial charge in [0, 0.05) is 25.5 Å². The Hall–Kier alpha value is -2.70. The fraction of sp³-hybridized carbons (Fsp3) is 0.348. The summed E-state index contributed by atoms with van der Waals surface area (Å²) in [6, 6.07) is 15.9. The van der Waals surface area contributed by atoms with E-state index in [1.54, 1.807) is 18.2 Å². The summed E-state index contributed by atoms with van der Waals surface area (Å²) in [6.07, 6.45) is 3.07. The van der Waals surface area contributed by atoms with Crippen LogP contribution < -0.4 is 5.32 Å². The number of rotatable bonds is 9. The molecule has 154 valence electrons. The Balaban J connectivity index is 1.69. The van der Waals surface area contributed by atoms with Crippen LogP contribution in [0.15, 0.2) is 66.4 Å². The van der Waals surface area contributed by atoms with Crippen LogP contribution in [0.2, 0.25) is 0 Å². The number of hydrogen-bond acceptors (Lipinski definition) is 4. The third-order valence-corrected chi connectivity index (χ3v) is 4.73. The molecule has 0 fully saturated rings. The second-order valence-corrected chi connectivity index (χ2v) is 6.94. The molecule has 1 aliphatic heterocycles. The number of unbranched alkanes of at least 4 members (excludes halogenated alkanes) is 1. The highest BCUT2D eigenvalue weighted by atomic mass is 19.1. The summed E-state index contributed by atoms with van der Waals surface area (Å²) in [7, 11) is 0. The third-order valence-electron chi connectivity index (χ3n) is 4.73. The first kappa shape index (κ1) is 21.0. The van der Waals surface area contributed by atoms with Gasteiger partial charge in [-0.2, -0.15) is 0 Å². The van der Waals surface area contributed by atoms with E-state index in [4.69, 9.17) is 14.6 Å². The number of ether oxygens (including phenoxy) is 2. The molecule has 3 rings (SSSR count). The van der Waals surface area contributed by atoms with Crippen molar-refractivity contribution in [2.45, 2.75) is 38.0 Å². The Bertz CT molecular complexity index is 807. The van der Waals surface area contributed by atoms with Crippen LogP contribution >= 0.6 is 0 Å². The van der Waals surface area contributed by atoms with E-state index in [9.17, 15) is 9.18 Å². The first-order valence-electron chi connectivity index (χ1n) is 9.84. The molecule has 29 heavy (non-hydrogen) atoms. The summed E-state index contributed by atoms with van der Waals surface area (Å²) in [4.78, 5) is 12.7. The van der Waals surface area contributed by atoms with Gasteiger partial charge in [0.25, 0.3) is 5.91 Å². The van der Waals surface area contributed by atoms with Gasteiger partial charge in [-0.25, -0.2) is 4.39 Å². The molecule has 0 unspecified atom stereocenters. The molecule has 0 radical (unpaired) electrons. The van der Waals surface area contributed by atoms with Gasteiger partial charge in [-0.1, -0.05) is 42.5 Å². The fourth-order valence-electron chi connectivity index (χ4n) is 3.15. The minimum Gasteiger partial charge on any atom is -0.459 e. The van der Waals surface area contributed by atoms with E-state index >= 15 is 0 Å². The second-order valence-electron chi connectivity index (χ2n) is 6.94. The molecule has 0 aliphatic carbocycles. The minimum absolute atomic E-state index is 0.111. The summed E-state index contributed by atoms with van der Waals surface area (Å²) in [5, 5.41) is 11.8. The molecule has 5 nitrogen and oxygen atoms in total. The molecule has 1 heterocycles. The Morgan fingerprint density at radius 2 is 1.90 bits per heavy atom. The minimum atomic E-state index is -0.578. The highest BCUT2D eigenvalue weighted by Crippen LogP contribution is 2.31. The molecule has 1 aliphatic rings. The standard InChI is InChI=1S/C23H26FNO4/c24-20-10-8-18(9-11-20)19-14-21(29-22(15-19)28-13-5-4-12-26)23(27)25-16-17-6-2-1-3-7-17/h1-3,6-11,14,19,22,26H,4-5,12-13,15-16H2,(H,25,27)/t19-,22+/m1/s1. The average Bonchev–Trinajstić information content (AvgIpc) is 2.76. The van der Waals surface area contributed by atoms with Crippen molar-refractivity contribution in [1.82, 2.24) is 5.32 Å². The molecule has 2 atom stereocenters. The van der Waals surface area contributed by atoms with Crippen molar-refractivity contribution in [2.24, 2.45) is 0 Å². The topological polar surface area (TPSA) is 67.8 Å². The van der Waals surface area contributed by atoms with E-state index in [1.165, 1.54) is 12.1 Å². The molecule has 0 spiro atoms. The molecule has 2 aromatic carbocycles. The molecule has 2 aromatic rings. The van der Waals surface area contributed by atoms with Gasteiger partial charge >= 0.3 is 0 Å². The molecular formula is C23H26FNO4. The number of amides is 1. The van der Waals surface area contributed by atoms with Crippen molar-refractivity contribution in [3.63, 3.8) is 0 Å². The van der Waals surface area contributed by atoms with Crippen molar-refractivity contribution in [3.8, 4) is 0 Å². The molecule has 0 saturated heterocycles. The van der Waals surface area contributed by atoms with Crippen molar-refractivity contribution < 1.29 is 23.8 Å². The quantitative estimate of drug-likeness (QED) is 0.632. The van der Waals surface area contributed by atoms with Gasteiger partial charge in [0.15, 0.2) is 5.76 Å². The fourth-order valence-corrected chi connectivity index (χ4v) is 3.15. The highest BCUT2D eigenvalue weighted by molar-refractivity contribution is 5.91. The molecule has 6 heteroatoms. The number of aliphatic hydroxyl groups excluding tert-OH is 1. The number of allylic oxidation sites excluding steroid dienone is 1. The summed E-state index contributed by atoms with van der Waals surface area (Å²) in [6.45, 7) is 0.935. The van der Waals surface area contributed by atoms with Gasteiger partial charge in [-0.15, -0.1) is 0 Å². The maximum Gasteiger partial charge on any atom is 0.286 e. The SMILES string of the molecule is O=C(NCc1ccccc1)C1=C[C@@H](c2ccc(F)cc2)C[C@@H](OCCCCO)O1. The van der Waals surface area contributed by atoms with Gasteiger partial charge in [-0.05, 0) is 42.2 Å². The Morgan fingerprint density at radius 3 is 2.62 bits per heavy atom. The number of carbonyl (C=O) groups excluding carboxylic acids is 1. The van der Waals surface area contributed by atoms with E-state index in [0.29, 0.717) is 32.4 Å². The van der Waals surface area contributed by atoms with Crippen LogP contribution in [0.4, 0.5) is 4.39 Å². The van der Waals surface area contributed by atoms with Gasteiger partial charge in [0.05, 0.1) is 6.61 Å². The lowest BCUT2D eigenvalue weighted by Crippen LogP contribution is -2.32. The molecule has 0 bridgehead atoms. The second kappa shape index (κ2) is 10.7. The smallest absolute Gasteiger partial charge is 0.286 e. The molecular weight excluding hydrogens is 373 g/mol. The van der Waals surface area contributed by atoms with Crippen molar-refractivity contribution in [1.29, 1.82) is 0 Å². The summed E-state index contributed by atoms with van der Waals surface area (Å²) in [5.41, 5.74) is 1.89. The number of aliphatic hydroxyl groups is 1. The van der Waals surface area contributed by atoms with Crippen LogP contribution in [-0.2, 0) is 20.8 Å². The van der Waals surface area contributed by atoms with E-state index < -0.39 is 6.29 Å². The summed E-state index contributed by atoms with van der Waals surface area (Å²) < 4.78 is 24.8. The normalized spacial score (nSPS) is 18.6. The van der Waals surface area contributed by atoms with Crippen LogP contribution in [-0.4, -0.2) is 30.5 Å². The van der Waals surface area contributed by atoms with Crippen molar-refractivity contribution >= 4 is 5.91 Å². The monoisotopic (exact) mass is 399 g/mol. The van der Waals surface area contributed by atoms with E-state index in [0.717, 1.165) is 11.1 Å². The van der Waals surface area contributed by atoms with Gasteiger partial charge < -0.3 is 19.9 Å². The predicted octanol–water partition coefficient (Wildman–Crippen LogP) is 3.65. The van der Waals surface area contributed by atoms with E-state index in [1.807, 2.05) is 30.3 Å². The molecule has 1 amide bonds. The first-order chi connectivity index (χ1) is 14.2. The van der Waals surface area contributed by atoms with Crippen molar-refractivity contribution in [2.75, 3.05) is 13.2 Å². The van der Waals surface area contributed by atoms with Crippen molar-refractivity contribution in [3.05, 3.63) is 83.4 Å². The Kier molecular flexibility index (Phi) is 7.78. The van der Waals surface area contributed by atoms with Crippen LogP contribution in [0.1, 0.15) is 36.3 Å². The van der Waals surface area contributed by atoms with Crippen LogP contribution in [0.25, 0.3) is 0 Å². The highest BCUT2D eigenvalue weighted by Gasteiger charge is 2.28. The maximum absolute atomic E-state index is 13.3. The van der Waals surface area contributed by atoms with Crippen LogP contribution in [0.5, 0.6) is 0 Å². The summed E-state index contributed by atoms with van der Waals surface area (Å²) >= 11 is 0. The molecule has 0 aromatic heterocycles. The predicted molar refractivity (Wildman–Crippen MR) is 107 cm³/mol. The number of carbonyl (C=O) groups is 1. The zero-order valence-corrected chi connectivity index (χ0v) is 16.2. The van der Waals surface area contributed by atoms with E-state index in [-0.39, 0.29) is 30.0 Å². The Labute approximate surface area is 170 Å². The zero-order valence-electron chi connectivity index (χ0n) is 16.2. The maximum atomic E-state index is 13.3. The van der Waals surface area contributed by atoms with Gasteiger partial charge in [-0.3, -0.25) is 4.79 Å². The van der Waals surface area contributed by atoms with Crippen LogP contribution in [0.3, 0.4) is 0 Å². The average molecular weight is 399 g/mol. The number of benzene rings is 2. The van der Waals surface area contributed by atoms with Gasteiger partial charge in [0.2, 0.25) is 6.29 Å². The lowest BCUT2D eigenvalue weighted by atomic mass is 9.93. The number of halogens is 1. The largest absolute Gasteiger partial charge is 0.459 e. The first-order valence-corrected chi connectivity index (χ1v) is 9.84. The van der Waals surface area contributed by atoms with E-state index in [2.05, 4.69) is 5.32 Å². The number of nitrogens with one attached hydrogen (secondary N) is 1. The lowest BCUT2D eigenvalue weighted by Gasteiger charge is -2.29.